The number of hydrogen-bond acceptors (Lipinski definition) is 4. The highest BCUT2D eigenvalue weighted by Gasteiger charge is 2.47. The van der Waals surface area contributed by atoms with Crippen LogP contribution >= 0.6 is 0 Å². The van der Waals surface area contributed by atoms with Crippen LogP contribution in [0, 0.1) is 11.3 Å². The van der Waals surface area contributed by atoms with Crippen molar-refractivity contribution >= 4 is 18.0 Å². The molecule has 0 aromatic heterocycles. The van der Waals surface area contributed by atoms with E-state index in [0.29, 0.717) is 24.4 Å². The molecule has 8 heteroatoms. The van der Waals surface area contributed by atoms with Gasteiger partial charge in [-0.2, -0.15) is 0 Å². The summed E-state index contributed by atoms with van der Waals surface area (Å²) in [7, 11) is 0. The highest BCUT2D eigenvalue weighted by Crippen LogP contribution is 2.32. The molecule has 1 aliphatic rings. The Labute approximate surface area is 129 Å². The number of nitrogens with zero attached hydrogens (tertiary/aromatic N) is 2. The maximum atomic E-state index is 12.8. The third kappa shape index (κ3) is 3.49. The van der Waals surface area contributed by atoms with E-state index in [9.17, 15) is 19.5 Å². The van der Waals surface area contributed by atoms with Crippen LogP contribution in [0.15, 0.2) is 0 Å². The fourth-order valence-electron chi connectivity index (χ4n) is 3.04. The van der Waals surface area contributed by atoms with E-state index in [1.165, 1.54) is 4.90 Å². The van der Waals surface area contributed by atoms with Crippen LogP contribution in [-0.2, 0) is 9.59 Å². The van der Waals surface area contributed by atoms with Gasteiger partial charge in [0.2, 0.25) is 5.91 Å². The van der Waals surface area contributed by atoms with Gasteiger partial charge in [0.15, 0.2) is 0 Å². The number of carbonyl (C=O) groups excluding carboxylic acids is 1. The highest BCUT2D eigenvalue weighted by molar-refractivity contribution is 5.90. The first-order valence-electron chi connectivity index (χ1n) is 7.32. The third-order valence-corrected chi connectivity index (χ3v) is 4.14. The minimum absolute atomic E-state index is 0.127. The van der Waals surface area contributed by atoms with Crippen LogP contribution in [0.5, 0.6) is 0 Å². The average molecular weight is 315 g/mol. The van der Waals surface area contributed by atoms with Crippen LogP contribution in [0.25, 0.3) is 0 Å². The van der Waals surface area contributed by atoms with Gasteiger partial charge in [-0.05, 0) is 17.8 Å². The van der Waals surface area contributed by atoms with Gasteiger partial charge in [0.05, 0.1) is 0 Å². The molecule has 1 heterocycles. The Balaban J connectivity index is 3.14. The van der Waals surface area contributed by atoms with Gasteiger partial charge in [0, 0.05) is 6.54 Å². The van der Waals surface area contributed by atoms with E-state index in [2.05, 4.69) is 0 Å². The monoisotopic (exact) mass is 315 g/mol. The van der Waals surface area contributed by atoms with Gasteiger partial charge >= 0.3 is 12.1 Å². The third-order valence-electron chi connectivity index (χ3n) is 4.14. The lowest BCUT2D eigenvalue weighted by Crippen LogP contribution is -2.60. The molecule has 1 saturated heterocycles. The molecule has 1 aliphatic heterocycles. The summed E-state index contributed by atoms with van der Waals surface area (Å²) in [6.45, 7) is 7.27. The second-order valence-electron chi connectivity index (χ2n) is 6.73. The average Bonchev–Trinajstić information content (AvgIpc) is 2.80. The largest absolute Gasteiger partial charge is 0.480 e. The molecule has 0 aliphatic carbocycles. The van der Waals surface area contributed by atoms with Crippen LogP contribution in [0.2, 0.25) is 0 Å². The fourth-order valence-corrected chi connectivity index (χ4v) is 3.04. The fraction of sp³-hybridized carbons (Fsp3) is 0.786. The highest BCUT2D eigenvalue weighted by atomic mass is 16.4. The molecule has 0 spiro atoms. The predicted octanol–water partition coefficient (Wildman–Crippen LogP) is 0.967. The SMILES string of the molecule is CC[C@@H]1CCN(C(=O)C(N(N)C(=O)O)C(C)(C)C)[C@@H]1C(=O)O. The van der Waals surface area contributed by atoms with Crippen molar-refractivity contribution in [3.05, 3.63) is 0 Å². The molecule has 22 heavy (non-hydrogen) atoms. The Kier molecular flexibility index (Phi) is 5.39. The number of hydrogen-bond donors (Lipinski definition) is 3. The number of carboxylic acid groups (broad SMARTS) is 2. The van der Waals surface area contributed by atoms with Crippen LogP contribution in [-0.4, -0.2) is 56.7 Å². The van der Waals surface area contributed by atoms with E-state index in [4.69, 9.17) is 10.9 Å². The van der Waals surface area contributed by atoms with Crippen molar-refractivity contribution in [3.63, 3.8) is 0 Å². The summed E-state index contributed by atoms with van der Waals surface area (Å²) < 4.78 is 0. The van der Waals surface area contributed by atoms with E-state index in [1.807, 2.05) is 6.92 Å². The molecule has 0 saturated carbocycles. The molecule has 2 amide bonds. The number of likely N-dealkylation sites (tertiary alicyclic amines) is 1. The molecule has 0 aromatic carbocycles. The summed E-state index contributed by atoms with van der Waals surface area (Å²) in [6.07, 6.45) is -0.189. The number of hydrazine groups is 1. The maximum Gasteiger partial charge on any atom is 0.422 e. The van der Waals surface area contributed by atoms with Crippen molar-refractivity contribution < 1.29 is 24.6 Å². The first-order chi connectivity index (χ1) is 10.0. The van der Waals surface area contributed by atoms with Gasteiger partial charge in [0.25, 0.3) is 0 Å². The molecule has 126 valence electrons. The number of carboxylic acids is 1. The zero-order valence-corrected chi connectivity index (χ0v) is 13.4. The van der Waals surface area contributed by atoms with Gasteiger partial charge < -0.3 is 15.1 Å². The summed E-state index contributed by atoms with van der Waals surface area (Å²) >= 11 is 0. The van der Waals surface area contributed by atoms with Gasteiger partial charge in [-0.3, -0.25) is 4.79 Å². The Bertz CT molecular complexity index is 460. The quantitative estimate of drug-likeness (QED) is 0.403. The zero-order chi connectivity index (χ0) is 17.2. The summed E-state index contributed by atoms with van der Waals surface area (Å²) in [5, 5.41) is 19.0. The van der Waals surface area contributed by atoms with Crippen molar-refractivity contribution in [2.24, 2.45) is 17.2 Å². The van der Waals surface area contributed by atoms with Crippen molar-refractivity contribution in [2.45, 2.75) is 52.6 Å². The maximum absolute atomic E-state index is 12.8. The van der Waals surface area contributed by atoms with Crippen LogP contribution < -0.4 is 5.84 Å². The molecule has 0 bridgehead atoms. The summed E-state index contributed by atoms with van der Waals surface area (Å²) in [4.78, 5) is 36.7. The lowest BCUT2D eigenvalue weighted by molar-refractivity contribution is -0.153. The van der Waals surface area contributed by atoms with E-state index >= 15 is 0 Å². The summed E-state index contributed by atoms with van der Waals surface area (Å²) in [6, 6.07) is -2.06. The van der Waals surface area contributed by atoms with Gasteiger partial charge in [-0.25, -0.2) is 20.4 Å². The van der Waals surface area contributed by atoms with Crippen LogP contribution in [0.4, 0.5) is 4.79 Å². The number of aliphatic carboxylic acids is 1. The van der Waals surface area contributed by atoms with E-state index in [0.717, 1.165) is 0 Å². The van der Waals surface area contributed by atoms with Crippen molar-refractivity contribution in [1.82, 2.24) is 9.91 Å². The van der Waals surface area contributed by atoms with E-state index in [-0.39, 0.29) is 5.92 Å². The summed E-state index contributed by atoms with van der Waals surface area (Å²) in [5.41, 5.74) is -0.752. The molecule has 0 radical (unpaired) electrons. The van der Waals surface area contributed by atoms with E-state index < -0.39 is 35.5 Å². The van der Waals surface area contributed by atoms with E-state index in [1.54, 1.807) is 20.8 Å². The lowest BCUT2D eigenvalue weighted by atomic mass is 9.85. The molecule has 8 nitrogen and oxygen atoms in total. The van der Waals surface area contributed by atoms with Crippen LogP contribution in [0.3, 0.4) is 0 Å². The smallest absolute Gasteiger partial charge is 0.422 e. The molecule has 1 rings (SSSR count). The van der Waals surface area contributed by atoms with Gasteiger partial charge in [0.1, 0.15) is 12.1 Å². The molecular weight excluding hydrogens is 290 g/mol. The molecule has 0 aromatic rings. The normalized spacial score (nSPS) is 23.2. The molecule has 3 atom stereocenters. The Morgan fingerprint density at radius 3 is 2.23 bits per heavy atom. The minimum atomic E-state index is -1.42. The topological polar surface area (TPSA) is 124 Å². The first kappa shape index (κ1) is 18.2. The first-order valence-corrected chi connectivity index (χ1v) is 7.32. The second kappa shape index (κ2) is 6.51. The number of rotatable bonds is 4. The minimum Gasteiger partial charge on any atom is -0.480 e. The molecular formula is C14H25N3O5. The Hall–Kier alpha value is -1.83. The number of nitrogens with two attached hydrogens (primary N) is 1. The molecule has 1 unspecified atom stereocenters. The number of amides is 2. The predicted molar refractivity (Wildman–Crippen MR) is 78.8 cm³/mol. The Morgan fingerprint density at radius 1 is 1.32 bits per heavy atom. The Morgan fingerprint density at radius 2 is 1.86 bits per heavy atom. The van der Waals surface area contributed by atoms with Crippen LogP contribution in [0.1, 0.15) is 40.5 Å². The summed E-state index contributed by atoms with van der Waals surface area (Å²) in [5.74, 6) is 3.80. The van der Waals surface area contributed by atoms with Crippen molar-refractivity contribution in [1.29, 1.82) is 0 Å². The number of carbonyl (C=O) groups is 3. The van der Waals surface area contributed by atoms with Crippen molar-refractivity contribution in [3.8, 4) is 0 Å². The molecule has 4 N–H and O–H groups in total. The van der Waals surface area contributed by atoms with Crippen molar-refractivity contribution in [2.75, 3.05) is 6.54 Å². The zero-order valence-electron chi connectivity index (χ0n) is 13.4. The van der Waals surface area contributed by atoms with Gasteiger partial charge in [-0.15, -0.1) is 0 Å². The standard InChI is InChI=1S/C14H25N3O5/c1-5-8-6-7-16(9(8)12(19)20)11(18)10(14(2,3)4)17(15)13(21)22/h8-10H,5-7,15H2,1-4H3,(H,19,20)(H,21,22)/t8-,9+,10?/m1/s1. The van der Waals surface area contributed by atoms with Gasteiger partial charge in [-0.1, -0.05) is 34.1 Å². The second-order valence-corrected chi connectivity index (χ2v) is 6.73. The molecule has 1 fully saturated rings. The lowest BCUT2D eigenvalue weighted by Gasteiger charge is -2.38.